The molecule has 29 heavy (non-hydrogen) atoms. The topological polar surface area (TPSA) is 90.5 Å². The number of piperidine rings is 1. The SMILES string of the molecule is C[C@]12CNC[C@H]1C[C@@H](NCc1cccc3c1CN(C1CCC(=O)NC1=O)C3=O)C2. The lowest BCUT2D eigenvalue weighted by molar-refractivity contribution is -0.136. The van der Waals surface area contributed by atoms with Gasteiger partial charge in [0.2, 0.25) is 11.8 Å². The minimum absolute atomic E-state index is 0.106. The van der Waals surface area contributed by atoms with Gasteiger partial charge >= 0.3 is 0 Å². The normalized spacial score (nSPS) is 33.8. The van der Waals surface area contributed by atoms with E-state index in [1.165, 1.54) is 12.8 Å². The van der Waals surface area contributed by atoms with Gasteiger partial charge in [-0.2, -0.15) is 0 Å². The van der Waals surface area contributed by atoms with Crippen LogP contribution in [-0.2, 0) is 22.7 Å². The van der Waals surface area contributed by atoms with Crippen LogP contribution in [0, 0.1) is 11.3 Å². The molecule has 7 nitrogen and oxygen atoms in total. The van der Waals surface area contributed by atoms with Crippen LogP contribution in [0.2, 0.25) is 0 Å². The van der Waals surface area contributed by atoms with Crippen molar-refractivity contribution in [2.45, 2.75) is 57.8 Å². The predicted octanol–water partition coefficient (Wildman–Crippen LogP) is 0.925. The Hall–Kier alpha value is -2.25. The van der Waals surface area contributed by atoms with Crippen LogP contribution in [0.15, 0.2) is 18.2 Å². The zero-order valence-electron chi connectivity index (χ0n) is 16.8. The predicted molar refractivity (Wildman–Crippen MR) is 107 cm³/mol. The van der Waals surface area contributed by atoms with Crippen molar-refractivity contribution in [3.05, 3.63) is 34.9 Å². The third kappa shape index (κ3) is 3.16. The molecule has 3 amide bonds. The van der Waals surface area contributed by atoms with E-state index in [1.807, 2.05) is 12.1 Å². The summed E-state index contributed by atoms with van der Waals surface area (Å²) < 4.78 is 0. The van der Waals surface area contributed by atoms with Gasteiger partial charge in [-0.1, -0.05) is 19.1 Å². The van der Waals surface area contributed by atoms with Crippen LogP contribution in [0.4, 0.5) is 0 Å². The van der Waals surface area contributed by atoms with Crippen molar-refractivity contribution in [1.82, 2.24) is 20.9 Å². The molecule has 7 heteroatoms. The van der Waals surface area contributed by atoms with Gasteiger partial charge in [0, 0.05) is 37.7 Å². The number of imide groups is 1. The summed E-state index contributed by atoms with van der Waals surface area (Å²) in [6, 6.07) is 5.80. The van der Waals surface area contributed by atoms with Gasteiger partial charge in [-0.15, -0.1) is 0 Å². The summed E-state index contributed by atoms with van der Waals surface area (Å²) in [5.41, 5.74) is 3.23. The van der Waals surface area contributed by atoms with E-state index in [-0.39, 0.29) is 24.1 Å². The quantitative estimate of drug-likeness (QED) is 0.659. The lowest BCUT2D eigenvalue weighted by Crippen LogP contribution is -2.52. The molecule has 1 aromatic carbocycles. The van der Waals surface area contributed by atoms with Crippen molar-refractivity contribution in [3.63, 3.8) is 0 Å². The van der Waals surface area contributed by atoms with Gasteiger partial charge in [-0.05, 0) is 54.3 Å². The van der Waals surface area contributed by atoms with Crippen molar-refractivity contribution >= 4 is 17.7 Å². The van der Waals surface area contributed by atoms with Crippen LogP contribution in [0.25, 0.3) is 0 Å². The highest BCUT2D eigenvalue weighted by Gasteiger charge is 2.46. The Morgan fingerprint density at radius 2 is 2.14 bits per heavy atom. The van der Waals surface area contributed by atoms with Crippen LogP contribution >= 0.6 is 0 Å². The molecule has 0 aromatic heterocycles. The number of hydrogen-bond donors (Lipinski definition) is 3. The third-order valence-electron chi connectivity index (χ3n) is 7.45. The first-order valence-corrected chi connectivity index (χ1v) is 10.6. The minimum Gasteiger partial charge on any atom is -0.322 e. The second-order valence-corrected chi connectivity index (χ2v) is 9.34. The van der Waals surface area contributed by atoms with Gasteiger partial charge < -0.3 is 15.5 Å². The number of nitrogens with zero attached hydrogens (tertiary/aromatic N) is 1. The van der Waals surface area contributed by atoms with E-state index in [0.717, 1.165) is 36.7 Å². The Balaban J connectivity index is 1.28. The summed E-state index contributed by atoms with van der Waals surface area (Å²) in [6.45, 7) is 5.78. The highest BCUT2D eigenvalue weighted by molar-refractivity contribution is 6.05. The monoisotopic (exact) mass is 396 g/mol. The first kappa shape index (κ1) is 18.8. The highest BCUT2D eigenvalue weighted by atomic mass is 16.2. The van der Waals surface area contributed by atoms with Crippen LogP contribution < -0.4 is 16.0 Å². The number of benzene rings is 1. The fourth-order valence-electron chi connectivity index (χ4n) is 5.74. The van der Waals surface area contributed by atoms with Gasteiger partial charge in [-0.25, -0.2) is 0 Å². The van der Waals surface area contributed by atoms with Gasteiger partial charge in [-0.3, -0.25) is 19.7 Å². The third-order valence-corrected chi connectivity index (χ3v) is 7.45. The molecule has 5 rings (SSSR count). The summed E-state index contributed by atoms with van der Waals surface area (Å²) in [6.07, 6.45) is 3.05. The first-order chi connectivity index (χ1) is 13.9. The van der Waals surface area contributed by atoms with Gasteiger partial charge in [0.1, 0.15) is 6.04 Å². The number of rotatable bonds is 4. The van der Waals surface area contributed by atoms with Crippen molar-refractivity contribution in [1.29, 1.82) is 0 Å². The number of carbonyl (C=O) groups is 3. The van der Waals surface area contributed by atoms with E-state index >= 15 is 0 Å². The highest BCUT2D eigenvalue weighted by Crippen LogP contribution is 2.45. The number of fused-ring (bicyclic) bond motifs is 2. The number of hydrogen-bond acceptors (Lipinski definition) is 5. The molecule has 1 saturated carbocycles. The number of nitrogens with one attached hydrogen (secondary N) is 3. The molecule has 1 aromatic rings. The number of amides is 3. The fourth-order valence-corrected chi connectivity index (χ4v) is 5.74. The molecule has 154 valence electrons. The smallest absolute Gasteiger partial charge is 0.255 e. The van der Waals surface area contributed by atoms with Gasteiger partial charge in [0.15, 0.2) is 0 Å². The van der Waals surface area contributed by atoms with Crippen LogP contribution in [-0.4, -0.2) is 47.8 Å². The van der Waals surface area contributed by atoms with Crippen LogP contribution in [0.5, 0.6) is 0 Å². The summed E-state index contributed by atoms with van der Waals surface area (Å²) >= 11 is 0. The molecule has 2 saturated heterocycles. The van der Waals surface area contributed by atoms with E-state index in [1.54, 1.807) is 4.90 Å². The summed E-state index contributed by atoms with van der Waals surface area (Å²) in [5.74, 6) is 0.0170. The van der Waals surface area contributed by atoms with Crippen molar-refractivity contribution in [3.8, 4) is 0 Å². The molecule has 4 atom stereocenters. The van der Waals surface area contributed by atoms with E-state index in [4.69, 9.17) is 0 Å². The van der Waals surface area contributed by atoms with Crippen molar-refractivity contribution < 1.29 is 14.4 Å². The molecule has 1 aliphatic carbocycles. The van der Waals surface area contributed by atoms with E-state index in [0.29, 0.717) is 30.0 Å². The van der Waals surface area contributed by atoms with Crippen molar-refractivity contribution in [2.75, 3.05) is 13.1 Å². The lowest BCUT2D eigenvalue weighted by atomic mass is 9.83. The van der Waals surface area contributed by atoms with Crippen LogP contribution in [0.1, 0.15) is 54.1 Å². The first-order valence-electron chi connectivity index (χ1n) is 10.6. The Bertz CT molecular complexity index is 885. The lowest BCUT2D eigenvalue weighted by Gasteiger charge is -2.29. The molecule has 3 N–H and O–H groups in total. The average Bonchev–Trinajstić information content (AvgIpc) is 3.30. The molecule has 0 bridgehead atoms. The Morgan fingerprint density at radius 1 is 1.28 bits per heavy atom. The second-order valence-electron chi connectivity index (χ2n) is 9.34. The molecule has 3 heterocycles. The molecule has 3 aliphatic heterocycles. The fraction of sp³-hybridized carbons (Fsp3) is 0.591. The summed E-state index contributed by atoms with van der Waals surface area (Å²) in [5, 5.41) is 9.60. The summed E-state index contributed by atoms with van der Waals surface area (Å²) in [7, 11) is 0. The molecule has 0 spiro atoms. The molecular weight excluding hydrogens is 368 g/mol. The van der Waals surface area contributed by atoms with E-state index in [2.05, 4.69) is 28.9 Å². The zero-order chi connectivity index (χ0) is 20.2. The standard InChI is InChI=1S/C22H28N4O3/c1-22-8-15(7-14(22)10-23-12-22)24-9-13-3-2-4-16-17(13)11-26(21(16)29)18-5-6-19(27)25-20(18)28/h2-4,14-15,18,23-24H,5-12H2,1H3,(H,25,27,28)/t14-,15-,18?,22+/m1/s1. The molecule has 1 unspecified atom stereocenters. The second kappa shape index (κ2) is 6.92. The number of carbonyl (C=O) groups excluding carboxylic acids is 3. The molecule has 0 radical (unpaired) electrons. The maximum Gasteiger partial charge on any atom is 0.255 e. The zero-order valence-corrected chi connectivity index (χ0v) is 16.8. The summed E-state index contributed by atoms with van der Waals surface area (Å²) in [4.78, 5) is 38.3. The Morgan fingerprint density at radius 3 is 2.93 bits per heavy atom. The van der Waals surface area contributed by atoms with Crippen LogP contribution in [0.3, 0.4) is 0 Å². The molecule has 4 aliphatic rings. The molecule has 3 fully saturated rings. The van der Waals surface area contributed by atoms with Gasteiger partial charge in [0.25, 0.3) is 5.91 Å². The maximum atomic E-state index is 12.9. The minimum atomic E-state index is -0.560. The van der Waals surface area contributed by atoms with Gasteiger partial charge in [0.05, 0.1) is 0 Å². The van der Waals surface area contributed by atoms with Crippen molar-refractivity contribution in [2.24, 2.45) is 11.3 Å². The largest absolute Gasteiger partial charge is 0.322 e. The van der Waals surface area contributed by atoms with E-state index < -0.39 is 6.04 Å². The average molecular weight is 396 g/mol. The van der Waals surface area contributed by atoms with E-state index in [9.17, 15) is 14.4 Å². The molecular formula is C22H28N4O3. The maximum absolute atomic E-state index is 12.9. The Labute approximate surface area is 170 Å². The Kier molecular flexibility index (Phi) is 4.47.